The molecule has 0 bridgehead atoms. The number of nitrogens with zero attached hydrogens (tertiary/aromatic N) is 4. The number of benzene rings is 3. The van der Waals surface area contributed by atoms with E-state index in [1.165, 1.54) is 0 Å². The van der Waals surface area contributed by atoms with Crippen LogP contribution in [0.1, 0.15) is 0 Å². The summed E-state index contributed by atoms with van der Waals surface area (Å²) >= 11 is 1.76. The van der Waals surface area contributed by atoms with Crippen molar-refractivity contribution >= 4 is 29.4 Å². The van der Waals surface area contributed by atoms with Crippen LogP contribution in [0.4, 0.5) is 16.4 Å². The molecule has 176 valence electrons. The molecular formula is C28H22N6OS. The van der Waals surface area contributed by atoms with E-state index < -0.39 is 0 Å². The highest BCUT2D eigenvalue weighted by Crippen LogP contribution is 2.43. The molecule has 1 aromatic heterocycles. The van der Waals surface area contributed by atoms with Crippen LogP contribution in [0, 0.1) is 0 Å². The maximum Gasteiger partial charge on any atom is 0.341 e. The fourth-order valence-electron chi connectivity index (χ4n) is 4.36. The molecule has 2 aliphatic rings. The number of fused-ring (bicyclic) bond motifs is 2. The van der Waals surface area contributed by atoms with Gasteiger partial charge in [0.2, 0.25) is 0 Å². The molecule has 0 saturated carbocycles. The molecule has 2 N–H and O–H groups in total. The van der Waals surface area contributed by atoms with Crippen molar-refractivity contribution in [2.45, 2.75) is 16.2 Å². The van der Waals surface area contributed by atoms with E-state index >= 15 is 0 Å². The smallest absolute Gasteiger partial charge is 0.284 e. The lowest BCUT2D eigenvalue weighted by Crippen LogP contribution is -2.53. The van der Waals surface area contributed by atoms with Crippen LogP contribution in [-0.2, 0) is 0 Å². The summed E-state index contributed by atoms with van der Waals surface area (Å²) in [5.74, 6) is 0.206. The number of rotatable bonds is 4. The molecule has 0 radical (unpaired) electrons. The average molecular weight is 491 g/mol. The molecule has 36 heavy (non-hydrogen) atoms. The number of hydrogen-bond donors (Lipinski definition) is 2. The van der Waals surface area contributed by atoms with Gasteiger partial charge in [-0.25, -0.2) is 15.2 Å². The first kappa shape index (κ1) is 22.1. The van der Waals surface area contributed by atoms with Gasteiger partial charge in [-0.1, -0.05) is 97.1 Å². The molecule has 0 saturated heterocycles. The van der Waals surface area contributed by atoms with Gasteiger partial charge in [-0.15, -0.1) is 22.0 Å². The Labute approximate surface area is 213 Å². The predicted molar refractivity (Wildman–Crippen MR) is 143 cm³/mol. The summed E-state index contributed by atoms with van der Waals surface area (Å²) in [6.07, 6.45) is 8.17. The first-order valence-corrected chi connectivity index (χ1v) is 12.5. The summed E-state index contributed by atoms with van der Waals surface area (Å²) in [6, 6.07) is 27.2. The highest BCUT2D eigenvalue weighted by atomic mass is 32.2. The quantitative estimate of drug-likeness (QED) is 0.356. The fourth-order valence-corrected chi connectivity index (χ4v) is 5.62. The zero-order valence-electron chi connectivity index (χ0n) is 19.2. The van der Waals surface area contributed by atoms with Crippen LogP contribution in [0.3, 0.4) is 0 Å². The van der Waals surface area contributed by atoms with Gasteiger partial charge in [0.1, 0.15) is 11.4 Å². The highest BCUT2D eigenvalue weighted by Gasteiger charge is 2.36. The van der Waals surface area contributed by atoms with Crippen LogP contribution in [0.15, 0.2) is 114 Å². The van der Waals surface area contributed by atoms with Crippen LogP contribution >= 0.6 is 11.8 Å². The number of aromatic nitrogens is 3. The van der Waals surface area contributed by atoms with Crippen LogP contribution in [0.5, 0.6) is 0 Å². The van der Waals surface area contributed by atoms with E-state index in [4.69, 9.17) is 4.98 Å². The Bertz CT molecular complexity index is 1460. The van der Waals surface area contributed by atoms with Crippen molar-refractivity contribution in [3.63, 3.8) is 0 Å². The molecule has 7 nitrogen and oxygen atoms in total. The number of carbonyl (C=O) groups excluding carboxylic acids is 1. The second-order valence-corrected chi connectivity index (χ2v) is 9.52. The molecule has 2 amide bonds. The van der Waals surface area contributed by atoms with Crippen molar-refractivity contribution in [1.29, 1.82) is 0 Å². The Morgan fingerprint density at radius 3 is 2.22 bits per heavy atom. The molecular weight excluding hydrogens is 468 g/mol. The number of hydrazine groups is 1. The fraction of sp³-hybridized carbons (Fsp3) is 0.0714. The third-order valence-corrected chi connectivity index (χ3v) is 7.33. The summed E-state index contributed by atoms with van der Waals surface area (Å²) in [5.41, 5.74) is 9.70. The van der Waals surface area contributed by atoms with E-state index in [-0.39, 0.29) is 23.3 Å². The Morgan fingerprint density at radius 2 is 1.44 bits per heavy atom. The lowest BCUT2D eigenvalue weighted by Gasteiger charge is -2.40. The lowest BCUT2D eigenvalue weighted by molar-refractivity contribution is 0.246. The van der Waals surface area contributed by atoms with Gasteiger partial charge in [0, 0.05) is 16.0 Å². The van der Waals surface area contributed by atoms with Crippen molar-refractivity contribution in [3.8, 4) is 22.5 Å². The molecule has 6 rings (SSSR count). The van der Waals surface area contributed by atoms with E-state index in [2.05, 4.69) is 27.1 Å². The predicted octanol–water partition coefficient (Wildman–Crippen LogP) is 5.72. The minimum atomic E-state index is -0.297. The molecule has 1 aliphatic carbocycles. The molecule has 0 unspecified atom stereocenters. The van der Waals surface area contributed by atoms with Crippen LogP contribution in [0.25, 0.3) is 22.5 Å². The summed E-state index contributed by atoms with van der Waals surface area (Å²) in [4.78, 5) is 21.0. The van der Waals surface area contributed by atoms with Gasteiger partial charge in [0.25, 0.3) is 5.95 Å². The van der Waals surface area contributed by atoms with E-state index in [1.807, 2.05) is 103 Å². The first-order chi connectivity index (χ1) is 17.8. The van der Waals surface area contributed by atoms with Crippen molar-refractivity contribution in [3.05, 3.63) is 109 Å². The van der Waals surface area contributed by atoms with E-state index in [0.717, 1.165) is 21.7 Å². The molecule has 2 atom stereocenters. The highest BCUT2D eigenvalue weighted by molar-refractivity contribution is 8.00. The van der Waals surface area contributed by atoms with E-state index in [1.54, 1.807) is 16.7 Å². The van der Waals surface area contributed by atoms with Gasteiger partial charge < -0.3 is 0 Å². The van der Waals surface area contributed by atoms with E-state index in [9.17, 15) is 4.79 Å². The average Bonchev–Trinajstić information content (AvgIpc) is 2.95. The number of anilines is 2. The Hall–Kier alpha value is -4.43. The molecule has 0 fully saturated rings. The number of thioether (sulfide) groups is 1. The number of hydrogen-bond acceptors (Lipinski definition) is 6. The number of allylic oxidation sites excluding steroid dienone is 2. The van der Waals surface area contributed by atoms with Crippen molar-refractivity contribution in [2.24, 2.45) is 0 Å². The van der Waals surface area contributed by atoms with Gasteiger partial charge in [-0.2, -0.15) is 0 Å². The van der Waals surface area contributed by atoms with Gasteiger partial charge in [-0.3, -0.25) is 10.3 Å². The third kappa shape index (κ3) is 4.23. The van der Waals surface area contributed by atoms with Crippen LogP contribution < -0.4 is 15.8 Å². The normalized spacial score (nSPS) is 17.7. The Morgan fingerprint density at radius 1 is 0.778 bits per heavy atom. The minimum absolute atomic E-state index is 0.101. The van der Waals surface area contributed by atoms with Crippen molar-refractivity contribution in [2.75, 3.05) is 10.3 Å². The maximum absolute atomic E-state index is 13.4. The largest absolute Gasteiger partial charge is 0.341 e. The summed E-state index contributed by atoms with van der Waals surface area (Å²) in [7, 11) is 0. The number of nitrogens with one attached hydrogen (secondary N) is 2. The maximum atomic E-state index is 13.4. The van der Waals surface area contributed by atoms with E-state index in [0.29, 0.717) is 11.4 Å². The SMILES string of the molecule is O=C(NNc1nnc(-c2ccccc2)c(-c2ccccc2)n1)N1c2ccccc2S[C@H]2C=CC=C[C@H]21. The summed E-state index contributed by atoms with van der Waals surface area (Å²) in [5, 5.41) is 8.85. The zero-order chi connectivity index (χ0) is 24.3. The molecule has 3 aromatic carbocycles. The molecule has 1 aliphatic heterocycles. The van der Waals surface area contributed by atoms with Gasteiger partial charge in [0.15, 0.2) is 0 Å². The second-order valence-electron chi connectivity index (χ2n) is 8.30. The molecule has 0 spiro atoms. The second kappa shape index (κ2) is 9.67. The number of carbonyl (C=O) groups is 1. The standard InChI is InChI=1S/C28H22N6OS/c35-28(34-21-15-7-9-17-23(21)36-24-18-10-8-16-22(24)34)33-32-27-29-25(19-11-3-1-4-12-19)26(30-31-27)20-13-5-2-6-14-20/h1-18,21,23H,(H,33,35)(H,29,31,32)/t21-,23+/m1/s1. The van der Waals surface area contributed by atoms with Crippen LogP contribution in [0.2, 0.25) is 0 Å². The van der Waals surface area contributed by atoms with Crippen LogP contribution in [-0.4, -0.2) is 32.5 Å². The number of urea groups is 1. The number of para-hydroxylation sites is 1. The molecule has 2 heterocycles. The lowest BCUT2D eigenvalue weighted by atomic mass is 10.0. The topological polar surface area (TPSA) is 83.0 Å². The molecule has 4 aromatic rings. The Kier molecular flexibility index (Phi) is 5.93. The van der Waals surface area contributed by atoms with Crippen molar-refractivity contribution < 1.29 is 4.79 Å². The summed E-state index contributed by atoms with van der Waals surface area (Å²) in [6.45, 7) is 0. The monoisotopic (exact) mass is 490 g/mol. The number of amides is 2. The molecule has 8 heteroatoms. The minimum Gasteiger partial charge on any atom is -0.284 e. The summed E-state index contributed by atoms with van der Waals surface area (Å²) < 4.78 is 0. The van der Waals surface area contributed by atoms with Gasteiger partial charge in [0.05, 0.1) is 17.0 Å². The first-order valence-electron chi connectivity index (χ1n) is 11.6. The zero-order valence-corrected chi connectivity index (χ0v) is 20.0. The van der Waals surface area contributed by atoms with Crippen molar-refractivity contribution in [1.82, 2.24) is 20.6 Å². The van der Waals surface area contributed by atoms with Gasteiger partial charge >= 0.3 is 6.03 Å². The Balaban J connectivity index is 1.29. The third-order valence-electron chi connectivity index (χ3n) is 6.02. The van der Waals surface area contributed by atoms with Gasteiger partial charge in [-0.05, 0) is 12.1 Å².